The number of aliphatic hydroxyl groups is 1. The topological polar surface area (TPSA) is 79.0 Å². The molecule has 1 aromatic heterocycles. The fourth-order valence-corrected chi connectivity index (χ4v) is 5.71. The van der Waals surface area contributed by atoms with Crippen molar-refractivity contribution in [3.05, 3.63) is 75.7 Å². The van der Waals surface area contributed by atoms with Crippen LogP contribution in [-0.4, -0.2) is 69.1 Å². The summed E-state index contributed by atoms with van der Waals surface area (Å²) in [6.45, 7) is 8.42. The number of rotatable bonds is 8. The Bertz CT molecular complexity index is 1350. The fraction of sp³-hybridized carbons (Fsp3) is 0.423. The first-order chi connectivity index (χ1) is 18.6. The molecule has 0 bridgehead atoms. The van der Waals surface area contributed by atoms with Gasteiger partial charge in [0.2, 0.25) is 6.35 Å². The average molecular weight is 660 g/mol. The second-order valence-corrected chi connectivity index (χ2v) is 16.9. The van der Waals surface area contributed by atoms with Crippen LogP contribution in [0.5, 0.6) is 0 Å². The molecule has 216 valence electrons. The molecule has 1 aliphatic rings. The fourth-order valence-electron chi connectivity index (χ4n) is 3.82. The van der Waals surface area contributed by atoms with Crippen molar-refractivity contribution in [2.24, 2.45) is 5.10 Å². The maximum atomic E-state index is 14.3. The number of nitrogens with zero attached hydrogens (tertiary/aromatic N) is 6. The van der Waals surface area contributed by atoms with E-state index in [-0.39, 0.29) is 12.4 Å². The van der Waals surface area contributed by atoms with Gasteiger partial charge in [-0.2, -0.15) is 18.3 Å². The molecule has 3 aromatic rings. The lowest BCUT2D eigenvalue weighted by Gasteiger charge is -2.41. The molecule has 1 N–H and O–H groups in total. The highest BCUT2D eigenvalue weighted by Crippen LogP contribution is 2.40. The normalized spacial score (nSPS) is 17.4. The lowest BCUT2D eigenvalue weighted by atomic mass is 10.2. The van der Waals surface area contributed by atoms with Crippen LogP contribution >= 0.6 is 27.5 Å². The van der Waals surface area contributed by atoms with Gasteiger partial charge in [-0.1, -0.05) is 50.6 Å². The Morgan fingerprint density at radius 3 is 2.27 bits per heavy atom. The summed E-state index contributed by atoms with van der Waals surface area (Å²) in [5, 5.41) is 21.5. The minimum Gasteiger partial charge on any atom is -0.404 e. The number of hydrazone groups is 1. The summed E-state index contributed by atoms with van der Waals surface area (Å²) in [7, 11) is -2.82. The Morgan fingerprint density at radius 2 is 1.70 bits per heavy atom. The van der Waals surface area contributed by atoms with Gasteiger partial charge in [0, 0.05) is 10.6 Å². The number of hydrogen-bond acceptors (Lipinski definition) is 7. The first-order valence-corrected chi connectivity index (χ1v) is 16.6. The van der Waals surface area contributed by atoms with Crippen molar-refractivity contribution in [3.8, 4) is 5.69 Å². The number of aliphatic hydroxyl groups excluding tert-OH is 1. The molecule has 1 aliphatic heterocycles. The summed E-state index contributed by atoms with van der Waals surface area (Å²) in [6.07, 6.45) is -8.35. The zero-order chi connectivity index (χ0) is 29.5. The Labute approximate surface area is 245 Å². The van der Waals surface area contributed by atoms with Crippen molar-refractivity contribution in [2.75, 3.05) is 6.54 Å². The van der Waals surface area contributed by atoms with Crippen LogP contribution in [0.4, 0.5) is 13.2 Å². The van der Waals surface area contributed by atoms with Crippen LogP contribution in [0.3, 0.4) is 0 Å². The van der Waals surface area contributed by atoms with Crippen LogP contribution in [0.1, 0.15) is 32.2 Å². The molecule has 0 radical (unpaired) electrons. The Kier molecular flexibility index (Phi) is 8.72. The predicted octanol–water partition coefficient (Wildman–Crippen LogP) is 6.39. The van der Waals surface area contributed by atoms with E-state index in [9.17, 15) is 18.3 Å². The van der Waals surface area contributed by atoms with Gasteiger partial charge < -0.3 is 14.4 Å². The van der Waals surface area contributed by atoms with Crippen LogP contribution < -0.4 is 0 Å². The van der Waals surface area contributed by atoms with Crippen molar-refractivity contribution < 1.29 is 22.7 Å². The Morgan fingerprint density at radius 1 is 1.07 bits per heavy atom. The smallest absolute Gasteiger partial charge is 0.404 e. The maximum Gasteiger partial charge on any atom is 0.415 e. The van der Waals surface area contributed by atoms with Crippen LogP contribution in [0, 0.1) is 0 Å². The largest absolute Gasteiger partial charge is 0.415 e. The monoisotopic (exact) mass is 658 g/mol. The number of para-hydroxylation sites is 1. The van der Waals surface area contributed by atoms with Gasteiger partial charge in [-0.05, 0) is 70.5 Å². The van der Waals surface area contributed by atoms with E-state index in [4.69, 9.17) is 16.0 Å². The summed E-state index contributed by atoms with van der Waals surface area (Å²) in [4.78, 5) is 5.60. The van der Waals surface area contributed by atoms with Gasteiger partial charge in [0.25, 0.3) is 0 Å². The molecule has 2 aromatic carbocycles. The molecule has 0 saturated heterocycles. The minimum absolute atomic E-state index is 0.0625. The molecule has 8 nitrogen and oxygen atoms in total. The molecule has 2 heterocycles. The summed E-state index contributed by atoms with van der Waals surface area (Å²) >= 11 is 9.44. The second kappa shape index (κ2) is 11.4. The highest BCUT2D eigenvalue weighted by atomic mass is 79.9. The van der Waals surface area contributed by atoms with Gasteiger partial charge in [0.1, 0.15) is 6.54 Å². The maximum absolute atomic E-state index is 14.3. The van der Waals surface area contributed by atoms with E-state index in [1.54, 1.807) is 42.0 Å². The molecule has 0 fully saturated rings. The van der Waals surface area contributed by atoms with E-state index in [0.717, 1.165) is 5.69 Å². The molecule has 1 unspecified atom stereocenters. The summed E-state index contributed by atoms with van der Waals surface area (Å²) in [6, 6.07) is 15.8. The van der Waals surface area contributed by atoms with Crippen LogP contribution in [0.15, 0.2) is 64.4 Å². The number of hydrogen-bond donors (Lipinski definition) is 1. The SMILES string of the molecule is CC(C)(C)[Si](C)(C)O[C@@H](CN1C(c2ccc(Cl)cc2)=NN(Cc2nc(Br)n(-c3ccccc3)n2)C1O)C(F)(F)F. The molecule has 0 amide bonds. The number of aromatic nitrogens is 3. The van der Waals surface area contributed by atoms with Crippen molar-refractivity contribution in [2.45, 2.75) is 64.1 Å². The van der Waals surface area contributed by atoms with E-state index in [0.29, 0.717) is 21.1 Å². The number of amidine groups is 1. The van der Waals surface area contributed by atoms with Crippen LogP contribution in [0.25, 0.3) is 5.69 Å². The lowest BCUT2D eigenvalue weighted by Crippen LogP contribution is -2.54. The highest BCUT2D eigenvalue weighted by Gasteiger charge is 2.50. The lowest BCUT2D eigenvalue weighted by molar-refractivity contribution is -0.207. The third-order valence-corrected chi connectivity index (χ3v) is 12.3. The third kappa shape index (κ3) is 6.70. The molecule has 0 saturated carbocycles. The Hall–Kier alpha value is -2.45. The van der Waals surface area contributed by atoms with Gasteiger partial charge >= 0.3 is 6.18 Å². The molecule has 2 atom stereocenters. The van der Waals surface area contributed by atoms with Crippen LogP contribution in [-0.2, 0) is 11.0 Å². The van der Waals surface area contributed by atoms with Gasteiger partial charge in [-0.15, -0.1) is 5.10 Å². The van der Waals surface area contributed by atoms with Crippen molar-refractivity contribution in [3.63, 3.8) is 0 Å². The molecular formula is C26H31BrClF3N6O2Si. The Balaban J connectivity index is 1.66. The molecular weight excluding hydrogens is 629 g/mol. The predicted molar refractivity (Wildman–Crippen MR) is 153 cm³/mol. The van der Waals surface area contributed by atoms with Crippen molar-refractivity contribution >= 4 is 41.7 Å². The van der Waals surface area contributed by atoms with E-state index in [2.05, 4.69) is 31.1 Å². The third-order valence-electron chi connectivity index (χ3n) is 7.03. The van der Waals surface area contributed by atoms with Gasteiger partial charge in [0.15, 0.2) is 30.8 Å². The molecule has 0 spiro atoms. The summed E-state index contributed by atoms with van der Waals surface area (Å²) < 4.78 is 50.9. The first-order valence-electron chi connectivity index (χ1n) is 12.5. The van der Waals surface area contributed by atoms with E-state index in [1.165, 1.54) is 9.91 Å². The first kappa shape index (κ1) is 30.5. The van der Waals surface area contributed by atoms with E-state index >= 15 is 0 Å². The zero-order valence-electron chi connectivity index (χ0n) is 22.7. The molecule has 4 rings (SSSR count). The van der Waals surface area contributed by atoms with Gasteiger partial charge in [-0.3, -0.25) is 0 Å². The van der Waals surface area contributed by atoms with Crippen molar-refractivity contribution in [1.29, 1.82) is 0 Å². The second-order valence-electron chi connectivity index (χ2n) is 11.0. The number of benzene rings is 2. The van der Waals surface area contributed by atoms with E-state index in [1.807, 2.05) is 51.1 Å². The van der Waals surface area contributed by atoms with Crippen LogP contribution in [0.2, 0.25) is 23.2 Å². The molecule has 14 heteroatoms. The number of halogens is 5. The average Bonchev–Trinajstić information content (AvgIpc) is 3.38. The van der Waals surface area contributed by atoms with Gasteiger partial charge in [-0.25, -0.2) is 14.7 Å². The van der Waals surface area contributed by atoms with Crippen molar-refractivity contribution in [1.82, 2.24) is 24.7 Å². The summed E-state index contributed by atoms with van der Waals surface area (Å²) in [5.41, 5.74) is 1.25. The molecule has 40 heavy (non-hydrogen) atoms. The number of alkyl halides is 3. The van der Waals surface area contributed by atoms with Gasteiger partial charge in [0.05, 0.1) is 12.2 Å². The zero-order valence-corrected chi connectivity index (χ0v) is 26.0. The van der Waals surface area contributed by atoms with E-state index < -0.39 is 38.5 Å². The minimum atomic E-state index is -4.67. The quantitative estimate of drug-likeness (QED) is 0.283. The highest BCUT2D eigenvalue weighted by molar-refractivity contribution is 9.10. The standard InChI is InChI=1S/C26H31BrClF3N6O2Si/c1-25(2,3)40(4,5)39-20(26(29,30)31)15-35-22(17-11-13-18(28)14-12-17)34-36(24(35)38)16-21-32-23(27)37(33-21)19-9-7-6-8-10-19/h6-14,20,24,38H,15-16H2,1-5H3/t20-,24?/m0/s1. The molecule has 0 aliphatic carbocycles. The summed E-state index contributed by atoms with van der Waals surface area (Å²) in [5.74, 6) is 0.458.